The zero-order valence-electron chi connectivity index (χ0n) is 16.8. The van der Waals surface area contributed by atoms with Gasteiger partial charge in [-0.2, -0.15) is 5.10 Å². The number of nitrogens with one attached hydrogen (secondary N) is 1. The molecule has 0 unspecified atom stereocenters. The highest BCUT2D eigenvalue weighted by atomic mass is 16.5. The molecule has 0 radical (unpaired) electrons. The standard InChI is InChI=1S/C22H29N3O2/c1-17-5-6-19(18(2)13-17)16-24-9-11-25(12-10-24)23-15-20-14-21(26-3)7-8-22(20)27-4/h5-8,13-15H,9-12,16H2,1-4H3/p+1. The Kier molecular flexibility index (Phi) is 6.35. The third kappa shape index (κ3) is 5.01. The summed E-state index contributed by atoms with van der Waals surface area (Å²) in [6.07, 6.45) is 1.87. The number of quaternary nitrogens is 1. The second-order valence-corrected chi connectivity index (χ2v) is 7.16. The number of nitrogens with zero attached hydrogens (tertiary/aromatic N) is 2. The molecule has 2 aromatic carbocycles. The maximum Gasteiger partial charge on any atom is 0.127 e. The Morgan fingerprint density at radius 3 is 2.48 bits per heavy atom. The van der Waals surface area contributed by atoms with Crippen LogP contribution in [-0.4, -0.2) is 51.6 Å². The first-order valence-corrected chi connectivity index (χ1v) is 9.49. The van der Waals surface area contributed by atoms with Crippen molar-refractivity contribution in [3.63, 3.8) is 0 Å². The number of methoxy groups -OCH3 is 2. The number of rotatable bonds is 6. The zero-order chi connectivity index (χ0) is 19.2. The Bertz CT molecular complexity index is 796. The maximum absolute atomic E-state index is 5.42. The average Bonchev–Trinajstić information content (AvgIpc) is 2.69. The van der Waals surface area contributed by atoms with Gasteiger partial charge in [-0.1, -0.05) is 23.8 Å². The van der Waals surface area contributed by atoms with Crippen LogP contribution in [-0.2, 0) is 6.54 Å². The van der Waals surface area contributed by atoms with E-state index in [-0.39, 0.29) is 0 Å². The van der Waals surface area contributed by atoms with Crippen molar-refractivity contribution in [2.45, 2.75) is 20.4 Å². The van der Waals surface area contributed by atoms with Gasteiger partial charge in [0, 0.05) is 11.1 Å². The van der Waals surface area contributed by atoms with Crippen molar-refractivity contribution in [1.82, 2.24) is 5.01 Å². The molecular weight excluding hydrogens is 338 g/mol. The van der Waals surface area contributed by atoms with Gasteiger partial charge < -0.3 is 14.4 Å². The highest BCUT2D eigenvalue weighted by molar-refractivity contribution is 5.84. The molecule has 0 bridgehead atoms. The number of hydrazone groups is 1. The number of benzene rings is 2. The van der Waals surface area contributed by atoms with Crippen molar-refractivity contribution in [3.8, 4) is 11.5 Å². The summed E-state index contributed by atoms with van der Waals surface area (Å²) in [5, 5.41) is 6.81. The molecule has 1 fully saturated rings. The number of hydrogen-bond donors (Lipinski definition) is 1. The molecule has 1 heterocycles. The van der Waals surface area contributed by atoms with Crippen molar-refractivity contribution in [1.29, 1.82) is 0 Å². The highest BCUT2D eigenvalue weighted by Gasteiger charge is 2.19. The van der Waals surface area contributed by atoms with E-state index in [0.717, 1.165) is 49.8 Å². The molecule has 0 aliphatic carbocycles. The fraction of sp³-hybridized carbons (Fsp3) is 0.409. The fourth-order valence-corrected chi connectivity index (χ4v) is 3.50. The molecule has 0 atom stereocenters. The zero-order valence-corrected chi connectivity index (χ0v) is 16.8. The molecule has 0 saturated carbocycles. The lowest BCUT2D eigenvalue weighted by molar-refractivity contribution is -0.918. The molecule has 144 valence electrons. The van der Waals surface area contributed by atoms with Gasteiger partial charge in [0.05, 0.1) is 46.6 Å². The van der Waals surface area contributed by atoms with Gasteiger partial charge in [0.1, 0.15) is 18.0 Å². The quantitative estimate of drug-likeness (QED) is 0.794. The Morgan fingerprint density at radius 1 is 1.04 bits per heavy atom. The van der Waals surface area contributed by atoms with E-state index in [1.165, 1.54) is 16.7 Å². The summed E-state index contributed by atoms with van der Waals surface area (Å²) in [5.41, 5.74) is 5.11. The van der Waals surface area contributed by atoms with E-state index in [9.17, 15) is 0 Å². The normalized spacial score (nSPS) is 15.3. The summed E-state index contributed by atoms with van der Waals surface area (Å²) < 4.78 is 10.7. The van der Waals surface area contributed by atoms with Gasteiger partial charge in [-0.3, -0.25) is 5.01 Å². The molecule has 3 rings (SSSR count). The lowest BCUT2D eigenvalue weighted by Crippen LogP contribution is -3.13. The van der Waals surface area contributed by atoms with Crippen LogP contribution in [0.5, 0.6) is 11.5 Å². The van der Waals surface area contributed by atoms with Crippen LogP contribution in [0.3, 0.4) is 0 Å². The van der Waals surface area contributed by atoms with E-state index in [1.807, 2.05) is 24.4 Å². The van der Waals surface area contributed by atoms with Crippen molar-refractivity contribution in [3.05, 3.63) is 58.7 Å². The number of piperazine rings is 1. The molecule has 5 heteroatoms. The van der Waals surface area contributed by atoms with E-state index in [1.54, 1.807) is 19.1 Å². The number of aryl methyl sites for hydroxylation is 2. The van der Waals surface area contributed by atoms with Gasteiger partial charge in [-0.15, -0.1) is 0 Å². The second kappa shape index (κ2) is 8.91. The predicted octanol–water partition coefficient (Wildman–Crippen LogP) is 2.06. The molecule has 27 heavy (non-hydrogen) atoms. The van der Waals surface area contributed by atoms with Crippen LogP contribution < -0.4 is 14.4 Å². The van der Waals surface area contributed by atoms with Crippen LogP contribution in [0, 0.1) is 13.8 Å². The van der Waals surface area contributed by atoms with Crippen LogP contribution in [0.1, 0.15) is 22.3 Å². The first kappa shape index (κ1) is 19.2. The minimum atomic E-state index is 0.804. The van der Waals surface area contributed by atoms with Crippen molar-refractivity contribution >= 4 is 6.21 Å². The van der Waals surface area contributed by atoms with Crippen LogP contribution in [0.4, 0.5) is 0 Å². The molecule has 1 aliphatic heterocycles. The molecule has 1 saturated heterocycles. The summed E-state index contributed by atoms with van der Waals surface area (Å²) in [7, 11) is 3.34. The van der Waals surface area contributed by atoms with Crippen LogP contribution >= 0.6 is 0 Å². The lowest BCUT2D eigenvalue weighted by atomic mass is 10.1. The van der Waals surface area contributed by atoms with Crippen LogP contribution in [0.25, 0.3) is 0 Å². The maximum atomic E-state index is 5.42. The van der Waals surface area contributed by atoms with Crippen molar-refractivity contribution in [2.24, 2.45) is 5.10 Å². The first-order chi connectivity index (χ1) is 13.1. The fourth-order valence-electron chi connectivity index (χ4n) is 3.50. The van der Waals surface area contributed by atoms with E-state index in [0.29, 0.717) is 0 Å². The molecule has 0 spiro atoms. The minimum absolute atomic E-state index is 0.804. The largest absolute Gasteiger partial charge is 0.497 e. The summed E-state index contributed by atoms with van der Waals surface area (Å²) in [6.45, 7) is 9.57. The van der Waals surface area contributed by atoms with Gasteiger partial charge in [-0.05, 0) is 37.6 Å². The third-order valence-electron chi connectivity index (χ3n) is 5.18. The Balaban J connectivity index is 1.57. The van der Waals surface area contributed by atoms with Gasteiger partial charge >= 0.3 is 0 Å². The van der Waals surface area contributed by atoms with Crippen molar-refractivity contribution < 1.29 is 14.4 Å². The molecule has 0 aromatic heterocycles. The predicted molar refractivity (Wildman–Crippen MR) is 109 cm³/mol. The Hall–Kier alpha value is -2.53. The summed E-state index contributed by atoms with van der Waals surface area (Å²) in [6, 6.07) is 12.5. The lowest BCUT2D eigenvalue weighted by Gasteiger charge is -2.30. The van der Waals surface area contributed by atoms with Gasteiger partial charge in [0.15, 0.2) is 0 Å². The van der Waals surface area contributed by atoms with Gasteiger partial charge in [-0.25, -0.2) is 0 Å². The van der Waals surface area contributed by atoms with E-state index in [2.05, 4.69) is 42.2 Å². The number of ether oxygens (including phenoxy) is 2. The summed E-state index contributed by atoms with van der Waals surface area (Å²) in [5.74, 6) is 1.61. The summed E-state index contributed by atoms with van der Waals surface area (Å²) in [4.78, 5) is 1.62. The Labute approximate surface area is 162 Å². The SMILES string of the molecule is COc1ccc(OC)c(C=NN2CC[NH+](Cc3ccc(C)cc3C)CC2)c1. The topological polar surface area (TPSA) is 38.5 Å². The van der Waals surface area contributed by atoms with Crippen LogP contribution in [0.15, 0.2) is 41.5 Å². The minimum Gasteiger partial charge on any atom is -0.497 e. The molecular formula is C22H30N3O2+. The smallest absolute Gasteiger partial charge is 0.127 e. The van der Waals surface area contributed by atoms with Gasteiger partial charge in [0.25, 0.3) is 0 Å². The van der Waals surface area contributed by atoms with E-state index < -0.39 is 0 Å². The third-order valence-corrected chi connectivity index (χ3v) is 5.18. The van der Waals surface area contributed by atoms with Gasteiger partial charge in [0.2, 0.25) is 0 Å². The summed E-state index contributed by atoms with van der Waals surface area (Å²) >= 11 is 0. The second-order valence-electron chi connectivity index (χ2n) is 7.16. The van der Waals surface area contributed by atoms with Crippen LogP contribution in [0.2, 0.25) is 0 Å². The molecule has 2 aromatic rings. The first-order valence-electron chi connectivity index (χ1n) is 9.49. The van der Waals surface area contributed by atoms with E-state index in [4.69, 9.17) is 9.47 Å². The Morgan fingerprint density at radius 2 is 1.81 bits per heavy atom. The molecule has 5 nitrogen and oxygen atoms in total. The highest BCUT2D eigenvalue weighted by Crippen LogP contribution is 2.22. The molecule has 0 amide bonds. The molecule has 1 N–H and O–H groups in total. The average molecular weight is 369 g/mol. The van der Waals surface area contributed by atoms with E-state index >= 15 is 0 Å². The number of hydrogen-bond acceptors (Lipinski definition) is 4. The molecule has 1 aliphatic rings. The van der Waals surface area contributed by atoms with Crippen molar-refractivity contribution in [2.75, 3.05) is 40.4 Å². The monoisotopic (exact) mass is 368 g/mol.